The number of carboxylic acid groups (broad SMARTS) is 1. The molecule has 0 amide bonds. The van der Waals surface area contributed by atoms with Crippen LogP contribution >= 0.6 is 0 Å². The van der Waals surface area contributed by atoms with Gasteiger partial charge >= 0.3 is 0 Å². The fourth-order valence-electron chi connectivity index (χ4n) is 1.82. The Hall–Kier alpha value is -0.870. The van der Waals surface area contributed by atoms with Crippen LogP contribution in [0.25, 0.3) is 0 Å². The quantitative estimate of drug-likeness (QED) is 0.328. The van der Waals surface area contributed by atoms with E-state index in [0.29, 0.717) is 0 Å². The molecule has 24 heavy (non-hydrogen) atoms. The highest BCUT2D eigenvalue weighted by Crippen LogP contribution is 2.13. The molecular formula is C20H49NO3. The second-order valence-corrected chi connectivity index (χ2v) is 4.16. The Labute approximate surface area is 153 Å². The Morgan fingerprint density at radius 2 is 1.54 bits per heavy atom. The first-order chi connectivity index (χ1) is 11.3. The number of rotatable bonds is 5. The number of hydrogen-bond donors (Lipinski definition) is 3. The van der Waals surface area contributed by atoms with Crippen molar-refractivity contribution in [3.63, 3.8) is 0 Å². The summed E-state index contributed by atoms with van der Waals surface area (Å²) in [7, 11) is 1.00. The number of nitrogens with one attached hydrogen (secondary N) is 1. The average Bonchev–Trinajstić information content (AvgIpc) is 3.12. The van der Waals surface area contributed by atoms with Gasteiger partial charge in [-0.2, -0.15) is 0 Å². The van der Waals surface area contributed by atoms with Gasteiger partial charge in [0.05, 0.1) is 0 Å². The third kappa shape index (κ3) is 58.2. The number of unbranched alkanes of at least 4 members (excludes halogenated alkanes) is 3. The fraction of sp³-hybridized carbons (Fsp3) is 0.850. The summed E-state index contributed by atoms with van der Waals surface area (Å²) in [5.74, 6) is 0. The molecule has 1 rings (SSSR count). The van der Waals surface area contributed by atoms with E-state index < -0.39 is 0 Å². The molecule has 1 fully saturated rings. The van der Waals surface area contributed by atoms with Crippen molar-refractivity contribution < 1.29 is 15.0 Å². The van der Waals surface area contributed by atoms with Crippen molar-refractivity contribution in [1.82, 2.24) is 5.32 Å². The summed E-state index contributed by atoms with van der Waals surface area (Å²) in [5.41, 5.74) is 0. The molecule has 1 aliphatic rings. The minimum absolute atomic E-state index is 0. The van der Waals surface area contributed by atoms with Crippen LogP contribution in [0.1, 0.15) is 93.9 Å². The van der Waals surface area contributed by atoms with E-state index in [1.807, 2.05) is 34.6 Å². The second kappa shape index (κ2) is 57.3. The van der Waals surface area contributed by atoms with Crippen LogP contribution < -0.4 is 5.32 Å². The number of aliphatic hydroxyl groups excluding tert-OH is 1. The molecule has 0 aromatic heterocycles. The lowest BCUT2D eigenvalue weighted by molar-refractivity contribution is -0.122. The predicted molar refractivity (Wildman–Crippen MR) is 112 cm³/mol. The molecule has 1 saturated heterocycles. The lowest BCUT2D eigenvalue weighted by Gasteiger charge is -2.08. The highest BCUT2D eigenvalue weighted by molar-refractivity contribution is 5.32. The van der Waals surface area contributed by atoms with E-state index in [9.17, 15) is 0 Å². The average molecular weight is 352 g/mol. The Morgan fingerprint density at radius 1 is 1.12 bits per heavy atom. The Bertz CT molecular complexity index is 153. The van der Waals surface area contributed by atoms with Gasteiger partial charge in [0.1, 0.15) is 0 Å². The van der Waals surface area contributed by atoms with Crippen LogP contribution in [0.4, 0.5) is 0 Å². The summed E-state index contributed by atoms with van der Waals surface area (Å²) < 4.78 is 0. The first-order valence-electron chi connectivity index (χ1n) is 9.09. The van der Waals surface area contributed by atoms with Crippen LogP contribution in [0, 0.1) is 0 Å². The Balaban J connectivity index is -0.0000000528. The zero-order chi connectivity index (χ0) is 19.4. The molecule has 0 saturated carbocycles. The summed E-state index contributed by atoms with van der Waals surface area (Å²) in [6.07, 6.45) is 11.6. The van der Waals surface area contributed by atoms with Gasteiger partial charge in [0.15, 0.2) is 0 Å². The molecule has 0 bridgehead atoms. The van der Waals surface area contributed by atoms with Gasteiger partial charge < -0.3 is 15.5 Å². The van der Waals surface area contributed by atoms with Gasteiger partial charge in [0.2, 0.25) is 0 Å². The van der Waals surface area contributed by atoms with Crippen LogP contribution in [-0.2, 0) is 4.79 Å². The molecule has 152 valence electrons. The molecule has 0 radical (unpaired) electrons. The van der Waals surface area contributed by atoms with Gasteiger partial charge in [-0.25, -0.2) is 0 Å². The van der Waals surface area contributed by atoms with Gasteiger partial charge in [0.25, 0.3) is 6.47 Å². The van der Waals surface area contributed by atoms with Crippen LogP contribution in [-0.4, -0.2) is 36.4 Å². The maximum Gasteiger partial charge on any atom is 0.290 e. The highest BCUT2D eigenvalue weighted by Gasteiger charge is 2.12. The smallest absolute Gasteiger partial charge is 0.290 e. The molecule has 0 aliphatic carbocycles. The van der Waals surface area contributed by atoms with E-state index in [-0.39, 0.29) is 13.9 Å². The molecule has 0 aromatic carbocycles. The van der Waals surface area contributed by atoms with Crippen LogP contribution in [0.15, 0.2) is 12.7 Å². The molecule has 1 atom stereocenters. The zero-order valence-electron chi connectivity index (χ0n) is 16.9. The third-order valence-corrected chi connectivity index (χ3v) is 2.57. The topological polar surface area (TPSA) is 69.6 Å². The van der Waals surface area contributed by atoms with E-state index in [1.54, 1.807) is 6.08 Å². The summed E-state index contributed by atoms with van der Waals surface area (Å²) in [6, 6.07) is 0.867. The van der Waals surface area contributed by atoms with Crippen molar-refractivity contribution in [3.8, 4) is 0 Å². The Kier molecular flexibility index (Phi) is 92.2. The van der Waals surface area contributed by atoms with E-state index in [2.05, 4.69) is 18.8 Å². The molecular weight excluding hydrogens is 302 g/mol. The minimum Gasteiger partial charge on any atom is -0.483 e. The highest BCUT2D eigenvalue weighted by atomic mass is 16.3. The van der Waals surface area contributed by atoms with Gasteiger partial charge in [-0.15, -0.1) is 6.58 Å². The van der Waals surface area contributed by atoms with Crippen molar-refractivity contribution in [1.29, 1.82) is 0 Å². The fourth-order valence-corrected chi connectivity index (χ4v) is 1.82. The normalized spacial score (nSPS) is 12.9. The maximum atomic E-state index is 8.36. The number of aliphatic hydroxyl groups is 1. The van der Waals surface area contributed by atoms with Gasteiger partial charge in [0, 0.05) is 13.2 Å². The summed E-state index contributed by atoms with van der Waals surface area (Å²) in [4.78, 5) is 8.36. The molecule has 1 unspecified atom stereocenters. The molecule has 0 spiro atoms. The van der Waals surface area contributed by atoms with Gasteiger partial charge in [-0.3, -0.25) is 4.79 Å². The first kappa shape index (κ1) is 38.6. The number of carbonyl (C=O) groups is 1. The summed E-state index contributed by atoms with van der Waals surface area (Å²) in [5, 5.41) is 17.4. The number of hydrogen-bond acceptors (Lipinski definition) is 3. The summed E-state index contributed by atoms with van der Waals surface area (Å²) >= 11 is 0. The van der Waals surface area contributed by atoms with Gasteiger partial charge in [-0.05, 0) is 32.7 Å². The van der Waals surface area contributed by atoms with Crippen molar-refractivity contribution in [2.24, 2.45) is 0 Å². The molecule has 4 heteroatoms. The van der Waals surface area contributed by atoms with Crippen molar-refractivity contribution in [2.45, 2.75) is 100.0 Å². The maximum absolute atomic E-state index is 8.36. The van der Waals surface area contributed by atoms with Crippen molar-refractivity contribution in [3.05, 3.63) is 12.7 Å². The third-order valence-electron chi connectivity index (χ3n) is 2.57. The molecule has 1 heterocycles. The first-order valence-corrected chi connectivity index (χ1v) is 9.09. The van der Waals surface area contributed by atoms with E-state index in [1.165, 1.54) is 51.5 Å². The van der Waals surface area contributed by atoms with Gasteiger partial charge in [-0.1, -0.05) is 73.8 Å². The molecule has 3 N–H and O–H groups in total. The monoisotopic (exact) mass is 351 g/mol. The number of allylic oxidation sites excluding steroid dienone is 1. The van der Waals surface area contributed by atoms with E-state index in [0.717, 1.165) is 13.2 Å². The lowest BCUT2D eigenvalue weighted by atomic mass is 10.1. The van der Waals surface area contributed by atoms with Crippen LogP contribution in [0.3, 0.4) is 0 Å². The van der Waals surface area contributed by atoms with E-state index in [4.69, 9.17) is 15.0 Å². The zero-order valence-corrected chi connectivity index (χ0v) is 16.9. The summed E-state index contributed by atoms with van der Waals surface area (Å²) in [6.45, 7) is 16.5. The lowest BCUT2D eigenvalue weighted by Crippen LogP contribution is -2.20. The largest absolute Gasteiger partial charge is 0.483 e. The van der Waals surface area contributed by atoms with Crippen molar-refractivity contribution in [2.75, 3.05) is 13.7 Å². The second-order valence-electron chi connectivity index (χ2n) is 4.16. The van der Waals surface area contributed by atoms with E-state index >= 15 is 0 Å². The van der Waals surface area contributed by atoms with Crippen LogP contribution in [0.5, 0.6) is 0 Å². The minimum atomic E-state index is -0.250. The SMILES string of the molecule is C.C=CC.CC.CC.CCCCCCC1CCCN1.CO.O=CO. The molecule has 4 nitrogen and oxygen atoms in total. The molecule has 0 aromatic rings. The van der Waals surface area contributed by atoms with Crippen LogP contribution in [0.2, 0.25) is 0 Å². The Morgan fingerprint density at radius 3 is 1.83 bits per heavy atom. The predicted octanol–water partition coefficient (Wildman–Crippen LogP) is 5.90. The molecule has 1 aliphatic heterocycles. The standard InChI is InChI=1S/C10H21N.C3H6.2C2H6.CH2O2.CH4O.CH4/c1-2-3-4-5-7-10-8-6-9-11-10;1-3-2;2*1-2;2-1-3;1-2;/h10-11H,2-9H2,1H3;3H,1H2,2H3;2*1-2H3;1H,(H,2,3);2H,1H3;1H4. The van der Waals surface area contributed by atoms with Crippen molar-refractivity contribution >= 4 is 6.47 Å².